The van der Waals surface area contributed by atoms with Gasteiger partial charge >= 0.3 is 0 Å². The van der Waals surface area contributed by atoms with E-state index in [2.05, 4.69) is 146 Å². The maximum Gasteiger partial charge on any atom is -0.00324 e. The van der Waals surface area contributed by atoms with Crippen molar-refractivity contribution in [1.29, 1.82) is 0 Å². The Hall–Kier alpha value is -5.72. The number of hydrogen-bond acceptors (Lipinski definition) is 0. The molecular formula is C44H24. The summed E-state index contributed by atoms with van der Waals surface area (Å²) in [5.41, 5.74) is 0. The summed E-state index contributed by atoms with van der Waals surface area (Å²) in [6.07, 6.45) is 0. The van der Waals surface area contributed by atoms with Crippen molar-refractivity contribution in [3.8, 4) is 0 Å². The van der Waals surface area contributed by atoms with E-state index in [0.717, 1.165) is 0 Å². The molecule has 0 amide bonds. The van der Waals surface area contributed by atoms with Crippen LogP contribution >= 0.6 is 0 Å². The van der Waals surface area contributed by atoms with Crippen molar-refractivity contribution in [3.63, 3.8) is 0 Å². The summed E-state index contributed by atoms with van der Waals surface area (Å²) in [5, 5.41) is 26.2. The molecule has 200 valence electrons. The van der Waals surface area contributed by atoms with Crippen LogP contribution in [0.5, 0.6) is 0 Å². The summed E-state index contributed by atoms with van der Waals surface area (Å²) in [5.74, 6) is 0. The van der Waals surface area contributed by atoms with Crippen LogP contribution in [0.3, 0.4) is 0 Å². The van der Waals surface area contributed by atoms with E-state index in [1.165, 1.54) is 108 Å². The zero-order valence-electron chi connectivity index (χ0n) is 23.9. The standard InChI is InChI=1S/C44H24/c1-5-25-7-3-11-39-41-23-35-19-31-16-30-18-34-22-38-14-28-10-2-6-26-8-4-12-40(44(26)28)42(38)24-36(34)20-32(30)15-29(31)17-33(35)21-37(41)13-27(9-1)43(25)39/h1-24H. The quantitative estimate of drug-likeness (QED) is 0.130. The second-order valence-corrected chi connectivity index (χ2v) is 12.6. The van der Waals surface area contributed by atoms with Crippen LogP contribution in [0, 0.1) is 0 Å². The van der Waals surface area contributed by atoms with E-state index in [4.69, 9.17) is 0 Å². The molecule has 11 aromatic rings. The Bertz CT molecular complexity index is 2810. The number of fused-ring (bicyclic) bond motifs is 8. The molecule has 0 aromatic heterocycles. The minimum atomic E-state index is 1.28. The molecule has 0 saturated heterocycles. The third-order valence-corrected chi connectivity index (χ3v) is 10.1. The predicted octanol–water partition coefficient (Wildman–Crippen LogP) is 12.7. The van der Waals surface area contributed by atoms with Crippen molar-refractivity contribution < 1.29 is 0 Å². The molecule has 0 aliphatic heterocycles. The fraction of sp³-hybridized carbons (Fsp3) is 0. The lowest BCUT2D eigenvalue weighted by molar-refractivity contribution is 1.79. The SMILES string of the molecule is c1cc2cccc3c4cc5cc6cc7cc8cc9cc%10cccc%11cccc(c9cc8cc7cc6cc5cc4cc(c1)c23)c%11%10. The van der Waals surface area contributed by atoms with E-state index >= 15 is 0 Å². The molecule has 0 aliphatic rings. The lowest BCUT2D eigenvalue weighted by atomic mass is 9.91. The highest BCUT2D eigenvalue weighted by Crippen LogP contribution is 2.39. The number of benzene rings is 11. The summed E-state index contributed by atoms with van der Waals surface area (Å²) in [7, 11) is 0. The van der Waals surface area contributed by atoms with Gasteiger partial charge in [-0.1, -0.05) is 72.8 Å². The first-order chi connectivity index (χ1) is 21.7. The van der Waals surface area contributed by atoms with Gasteiger partial charge in [-0.3, -0.25) is 0 Å². The molecule has 0 spiro atoms. The normalized spacial score (nSPS) is 12.5. The molecule has 0 aliphatic carbocycles. The van der Waals surface area contributed by atoms with Crippen LogP contribution < -0.4 is 0 Å². The molecule has 0 fully saturated rings. The van der Waals surface area contributed by atoms with Crippen molar-refractivity contribution in [2.75, 3.05) is 0 Å². The van der Waals surface area contributed by atoms with Gasteiger partial charge in [0.1, 0.15) is 0 Å². The molecule has 0 unspecified atom stereocenters. The Kier molecular flexibility index (Phi) is 4.15. The third kappa shape index (κ3) is 3.02. The zero-order chi connectivity index (χ0) is 28.5. The molecule has 0 heterocycles. The summed E-state index contributed by atoms with van der Waals surface area (Å²) in [4.78, 5) is 0. The Morgan fingerprint density at radius 1 is 0.182 bits per heavy atom. The van der Waals surface area contributed by atoms with Gasteiger partial charge in [0, 0.05) is 0 Å². The van der Waals surface area contributed by atoms with E-state index in [9.17, 15) is 0 Å². The van der Waals surface area contributed by atoms with Crippen LogP contribution in [0.4, 0.5) is 0 Å². The molecule has 0 bridgehead atoms. The molecule has 11 aromatic carbocycles. The van der Waals surface area contributed by atoms with Crippen molar-refractivity contribution in [1.82, 2.24) is 0 Å². The van der Waals surface area contributed by atoms with Crippen LogP contribution in [0.15, 0.2) is 146 Å². The number of hydrogen-bond donors (Lipinski definition) is 0. The average Bonchev–Trinajstić information content (AvgIpc) is 3.05. The maximum atomic E-state index is 2.40. The van der Waals surface area contributed by atoms with Gasteiger partial charge < -0.3 is 0 Å². The summed E-state index contributed by atoms with van der Waals surface area (Å²) in [6, 6.07) is 55.2. The predicted molar refractivity (Wildman–Crippen MR) is 193 cm³/mol. The first-order valence-corrected chi connectivity index (χ1v) is 15.4. The Morgan fingerprint density at radius 2 is 0.455 bits per heavy atom. The van der Waals surface area contributed by atoms with Gasteiger partial charge in [-0.05, 0) is 181 Å². The molecule has 0 heteroatoms. The van der Waals surface area contributed by atoms with Gasteiger partial charge in [0.2, 0.25) is 0 Å². The molecule has 0 radical (unpaired) electrons. The average molecular weight is 553 g/mol. The third-order valence-electron chi connectivity index (χ3n) is 10.1. The summed E-state index contributed by atoms with van der Waals surface area (Å²) >= 11 is 0. The lowest BCUT2D eigenvalue weighted by Gasteiger charge is -2.13. The Balaban J connectivity index is 1.17. The molecule has 0 saturated carbocycles. The monoisotopic (exact) mass is 552 g/mol. The molecular weight excluding hydrogens is 528 g/mol. The molecule has 0 N–H and O–H groups in total. The van der Waals surface area contributed by atoms with Gasteiger partial charge in [-0.15, -0.1) is 0 Å². The molecule has 0 nitrogen and oxygen atoms in total. The lowest BCUT2D eigenvalue weighted by Crippen LogP contribution is -1.85. The first kappa shape index (κ1) is 22.8. The number of rotatable bonds is 0. The molecule has 11 rings (SSSR count). The van der Waals surface area contributed by atoms with Gasteiger partial charge in [0.25, 0.3) is 0 Å². The van der Waals surface area contributed by atoms with E-state index in [0.29, 0.717) is 0 Å². The van der Waals surface area contributed by atoms with E-state index in [1.54, 1.807) is 0 Å². The summed E-state index contributed by atoms with van der Waals surface area (Å²) in [6.45, 7) is 0. The largest absolute Gasteiger partial charge is 0.0610 e. The van der Waals surface area contributed by atoms with E-state index in [-0.39, 0.29) is 0 Å². The smallest absolute Gasteiger partial charge is 0.00324 e. The van der Waals surface area contributed by atoms with Crippen LogP contribution in [0.25, 0.3) is 108 Å². The topological polar surface area (TPSA) is 0 Å². The van der Waals surface area contributed by atoms with Gasteiger partial charge in [-0.2, -0.15) is 0 Å². The highest BCUT2D eigenvalue weighted by atomic mass is 14.1. The van der Waals surface area contributed by atoms with Crippen molar-refractivity contribution in [2.24, 2.45) is 0 Å². The van der Waals surface area contributed by atoms with Gasteiger partial charge in [-0.25, -0.2) is 0 Å². The van der Waals surface area contributed by atoms with Crippen molar-refractivity contribution >= 4 is 108 Å². The fourth-order valence-corrected chi connectivity index (χ4v) is 8.11. The second kappa shape index (κ2) is 8.01. The van der Waals surface area contributed by atoms with E-state index < -0.39 is 0 Å². The summed E-state index contributed by atoms with van der Waals surface area (Å²) < 4.78 is 0. The minimum absolute atomic E-state index is 1.28. The van der Waals surface area contributed by atoms with Crippen LogP contribution in [-0.4, -0.2) is 0 Å². The van der Waals surface area contributed by atoms with Crippen LogP contribution in [0.2, 0.25) is 0 Å². The van der Waals surface area contributed by atoms with Crippen LogP contribution in [0.1, 0.15) is 0 Å². The van der Waals surface area contributed by atoms with Gasteiger partial charge in [0.15, 0.2) is 0 Å². The van der Waals surface area contributed by atoms with Gasteiger partial charge in [0.05, 0.1) is 0 Å². The maximum absolute atomic E-state index is 2.40. The minimum Gasteiger partial charge on any atom is -0.0610 e. The molecule has 0 atom stereocenters. The zero-order valence-corrected chi connectivity index (χ0v) is 23.9. The van der Waals surface area contributed by atoms with E-state index in [1.807, 2.05) is 0 Å². The highest BCUT2D eigenvalue weighted by Gasteiger charge is 2.11. The first-order valence-electron chi connectivity index (χ1n) is 15.4. The highest BCUT2D eigenvalue weighted by molar-refractivity contribution is 6.25. The molecule has 44 heavy (non-hydrogen) atoms. The second-order valence-electron chi connectivity index (χ2n) is 12.6. The van der Waals surface area contributed by atoms with Crippen molar-refractivity contribution in [3.05, 3.63) is 146 Å². The Labute approximate surface area is 252 Å². The van der Waals surface area contributed by atoms with Crippen LogP contribution in [-0.2, 0) is 0 Å². The fourth-order valence-electron chi connectivity index (χ4n) is 8.11. The van der Waals surface area contributed by atoms with Crippen molar-refractivity contribution in [2.45, 2.75) is 0 Å². The Morgan fingerprint density at radius 3 is 0.841 bits per heavy atom.